The zero-order valence-corrected chi connectivity index (χ0v) is 7.93. The average molecular weight is 172 g/mol. The summed E-state index contributed by atoms with van der Waals surface area (Å²) >= 11 is 0. The Labute approximate surface area is 64.3 Å². The molecule has 4 heteroatoms. The third-order valence-corrected chi connectivity index (χ3v) is 0. The van der Waals surface area contributed by atoms with Gasteiger partial charge in [0, 0.05) is 47.4 Å². The van der Waals surface area contributed by atoms with Crippen molar-refractivity contribution < 1.29 is 39.0 Å². The van der Waals surface area contributed by atoms with Crippen LogP contribution < -0.4 is 0 Å². The molecule has 0 fully saturated rings. The topological polar surface area (TPSA) is 0 Å². The fraction of sp³-hybridized carbons (Fsp3) is 0. The Hall–Kier alpha value is 1.84. The molecule has 3 radical (unpaired) electrons. The van der Waals surface area contributed by atoms with Crippen LogP contribution >= 0.6 is 0 Å². The zero-order chi connectivity index (χ0) is 0. The number of hydrogen-bond acceptors (Lipinski definition) is 0. The largest absolute Gasteiger partial charge is 0.187 e. The first kappa shape index (κ1) is 40.3. The van der Waals surface area contributed by atoms with E-state index in [2.05, 4.69) is 0 Å². The van der Waals surface area contributed by atoms with Crippen molar-refractivity contribution in [3.8, 4) is 0 Å². The van der Waals surface area contributed by atoms with E-state index in [9.17, 15) is 0 Å². The first-order valence-corrected chi connectivity index (χ1v) is 0. The molecule has 0 aromatic heterocycles. The van der Waals surface area contributed by atoms with E-state index >= 15 is 0 Å². The zero-order valence-electron chi connectivity index (χ0n) is 1.99. The second-order valence-electron chi connectivity index (χ2n) is 0. The molecule has 4 heavy (non-hydrogen) atoms. The minimum atomic E-state index is 0. The summed E-state index contributed by atoms with van der Waals surface area (Å²) in [5.74, 6) is 0. The Morgan fingerprint density at radius 2 is 0.750 bits per heavy atom. The summed E-state index contributed by atoms with van der Waals surface area (Å²) < 4.78 is 0. The van der Waals surface area contributed by atoms with E-state index in [0.29, 0.717) is 0 Å². The molecule has 13 valence electrons. The molecular weight excluding hydrogens is 169 g/mol. The van der Waals surface area contributed by atoms with Gasteiger partial charge in [-0.3, -0.25) is 0 Å². The van der Waals surface area contributed by atoms with Gasteiger partial charge >= 0.3 is 0 Å². The minimum Gasteiger partial charge on any atom is 0 e. The van der Waals surface area contributed by atoms with E-state index in [1.165, 1.54) is 0 Å². The second kappa shape index (κ2) is 21.0. The van der Waals surface area contributed by atoms with Crippen molar-refractivity contribution in [2.45, 2.75) is 0 Å². The third-order valence-electron chi connectivity index (χ3n) is 0. The van der Waals surface area contributed by atoms with Crippen LogP contribution in [0.5, 0.6) is 0 Å². The van der Waals surface area contributed by atoms with E-state index < -0.39 is 0 Å². The van der Waals surface area contributed by atoms with Gasteiger partial charge < -0.3 is 0 Å². The molecule has 0 atom stereocenters. The van der Waals surface area contributed by atoms with Gasteiger partial charge in [-0.2, -0.15) is 0 Å². The quantitative estimate of drug-likeness (QED) is 0.387. The molecule has 0 heterocycles. The molecule has 0 saturated carbocycles. The first-order valence-electron chi connectivity index (χ1n) is 0. The van der Waals surface area contributed by atoms with Crippen molar-refractivity contribution in [1.29, 1.82) is 0 Å². The van der Waals surface area contributed by atoms with Crippen LogP contribution in [0.2, 0.25) is 0 Å². The average Bonchev–Trinajstić information content (AvgIpc) is 0. The molecule has 0 unspecified atom stereocenters. The summed E-state index contributed by atoms with van der Waals surface area (Å²) in [5.41, 5.74) is 0. The van der Waals surface area contributed by atoms with Crippen LogP contribution in [-0.4, -0.2) is 25.8 Å². The van der Waals surface area contributed by atoms with E-state index in [1.54, 1.807) is 0 Å². The maximum Gasteiger partial charge on any atom is 0.187 e. The van der Waals surface area contributed by atoms with Crippen LogP contribution in [0.25, 0.3) is 0 Å². The summed E-state index contributed by atoms with van der Waals surface area (Å²) in [4.78, 5) is 0. The molecule has 0 aliphatic heterocycles. The van der Waals surface area contributed by atoms with Gasteiger partial charge in [0.25, 0.3) is 0 Å². The first-order chi connectivity index (χ1) is 0. The molecule has 0 nitrogen and oxygen atoms in total. The maximum absolute atomic E-state index is 0. The number of rotatable bonds is 0. The summed E-state index contributed by atoms with van der Waals surface area (Å²) in [6.07, 6.45) is 0. The molecule has 0 aromatic rings. The summed E-state index contributed by atoms with van der Waals surface area (Å²) in [7, 11) is 0. The van der Waals surface area contributed by atoms with Crippen LogP contribution in [0, 0.1) is 0 Å². The van der Waals surface area contributed by atoms with Gasteiger partial charge in [0.2, 0.25) is 0 Å². The molecule has 0 spiro atoms. The molecule has 0 amide bonds. The fourth-order valence-corrected chi connectivity index (χ4v) is 0. The van der Waals surface area contributed by atoms with Gasteiger partial charge in [-0.15, -0.1) is 0 Å². The van der Waals surface area contributed by atoms with Crippen LogP contribution in [0.3, 0.4) is 0 Å². The smallest absolute Gasteiger partial charge is 0 e. The maximum atomic E-state index is 0. The Bertz CT molecular complexity index is 6.00. The summed E-state index contributed by atoms with van der Waals surface area (Å²) in [5, 5.41) is 0. The summed E-state index contributed by atoms with van der Waals surface area (Å²) in [6.45, 7) is 0. The van der Waals surface area contributed by atoms with Crippen LogP contribution in [0.15, 0.2) is 0 Å². The molecule has 0 bridgehead atoms. The molecule has 0 rings (SSSR count). The Kier molecular flexibility index (Phi) is 212. The standard InChI is InChI=1S/Al.B.2Zn.3H. The molecular formula is H3AlBZn2. The molecule has 0 aliphatic rings. The van der Waals surface area contributed by atoms with Gasteiger partial charge in [-0.1, -0.05) is 0 Å². The molecule has 0 aliphatic carbocycles. The van der Waals surface area contributed by atoms with Crippen molar-refractivity contribution in [2.75, 3.05) is 0 Å². The van der Waals surface area contributed by atoms with Gasteiger partial charge in [0.1, 0.15) is 0 Å². The van der Waals surface area contributed by atoms with Crippen molar-refractivity contribution in [3.05, 3.63) is 0 Å². The fourth-order valence-electron chi connectivity index (χ4n) is 0. The van der Waals surface area contributed by atoms with Crippen molar-refractivity contribution in [3.63, 3.8) is 0 Å². The van der Waals surface area contributed by atoms with E-state index in [-0.39, 0.29) is 64.7 Å². The van der Waals surface area contributed by atoms with E-state index in [4.69, 9.17) is 0 Å². The van der Waals surface area contributed by atoms with Crippen LogP contribution in [0.4, 0.5) is 0 Å². The SMILES string of the molecule is [AlH3].[B].[Zn].[Zn]. The Morgan fingerprint density at radius 1 is 0.750 bits per heavy atom. The molecule has 0 N–H and O–H groups in total. The van der Waals surface area contributed by atoms with Gasteiger partial charge in [-0.25, -0.2) is 0 Å². The minimum absolute atomic E-state index is 0. The molecule has 0 aromatic carbocycles. The third kappa shape index (κ3) is 9.14. The Balaban J connectivity index is 0. The van der Waals surface area contributed by atoms with Crippen LogP contribution in [0.1, 0.15) is 0 Å². The van der Waals surface area contributed by atoms with E-state index in [0.717, 1.165) is 0 Å². The second-order valence-corrected chi connectivity index (χ2v) is 0. The monoisotopic (exact) mass is 169 g/mol. The summed E-state index contributed by atoms with van der Waals surface area (Å²) in [6, 6.07) is 0. The van der Waals surface area contributed by atoms with Crippen molar-refractivity contribution in [2.24, 2.45) is 0 Å². The number of hydrogen-bond donors (Lipinski definition) is 0. The molecule has 0 saturated heterocycles. The van der Waals surface area contributed by atoms with Gasteiger partial charge in [-0.05, 0) is 0 Å². The van der Waals surface area contributed by atoms with E-state index in [1.807, 2.05) is 0 Å². The normalized spacial score (nSPS) is 0. The predicted molar refractivity (Wildman–Crippen MR) is 15.7 cm³/mol. The van der Waals surface area contributed by atoms with Gasteiger partial charge in [0.05, 0.1) is 0 Å². The van der Waals surface area contributed by atoms with Crippen LogP contribution in [-0.2, 0) is 39.0 Å². The van der Waals surface area contributed by atoms with Gasteiger partial charge in [0.15, 0.2) is 17.4 Å². The van der Waals surface area contributed by atoms with Crippen molar-refractivity contribution in [1.82, 2.24) is 0 Å². The van der Waals surface area contributed by atoms with Crippen molar-refractivity contribution >= 4 is 25.8 Å². The predicted octanol–water partition coefficient (Wildman–Crippen LogP) is -1.57. The Morgan fingerprint density at radius 3 is 0.750 bits per heavy atom.